The lowest BCUT2D eigenvalue weighted by molar-refractivity contribution is 1.80. The molecule has 0 radical (unpaired) electrons. The van der Waals surface area contributed by atoms with E-state index in [1.807, 2.05) is 11.5 Å². The van der Waals surface area contributed by atoms with Crippen molar-refractivity contribution >= 4 is 33.3 Å². The molecule has 0 nitrogen and oxygen atoms in total. The zero-order chi connectivity index (χ0) is 5.98. The van der Waals surface area contributed by atoms with Gasteiger partial charge in [-0.15, -0.1) is 0 Å². The molecule has 2 heteroatoms. The third-order valence-electron chi connectivity index (χ3n) is 0.862. The topological polar surface area (TPSA) is 0 Å². The van der Waals surface area contributed by atoms with Gasteiger partial charge in [0.1, 0.15) is 0 Å². The molecule has 1 aromatic rings. The van der Waals surface area contributed by atoms with Gasteiger partial charge in [0, 0.05) is 9.85 Å². The minimum atomic E-state index is 1.14. The highest BCUT2D eigenvalue weighted by molar-refractivity contribution is 9.10. The second-order valence-electron chi connectivity index (χ2n) is 1.38. The van der Waals surface area contributed by atoms with Gasteiger partial charge in [-0.1, -0.05) is 12.7 Å². The summed E-state index contributed by atoms with van der Waals surface area (Å²) in [6.45, 7) is 3.64. The van der Waals surface area contributed by atoms with Crippen LogP contribution in [0.4, 0.5) is 0 Å². The third kappa shape index (κ3) is 1.01. The summed E-state index contributed by atoms with van der Waals surface area (Å²) in [4.78, 5) is 0. The van der Waals surface area contributed by atoms with Gasteiger partial charge in [0.25, 0.3) is 0 Å². The summed E-state index contributed by atoms with van der Waals surface area (Å²) in [7, 11) is 0. The van der Waals surface area contributed by atoms with Crippen molar-refractivity contribution < 1.29 is 0 Å². The van der Waals surface area contributed by atoms with Gasteiger partial charge in [0.2, 0.25) is 0 Å². The lowest BCUT2D eigenvalue weighted by atomic mass is 10.3. The summed E-state index contributed by atoms with van der Waals surface area (Å²) in [5.41, 5.74) is 1.18. The van der Waals surface area contributed by atoms with Crippen LogP contribution < -0.4 is 0 Å². The summed E-state index contributed by atoms with van der Waals surface area (Å²) in [5, 5.41) is 4.09. The molecular weight excluding hydrogens is 184 g/mol. The van der Waals surface area contributed by atoms with Gasteiger partial charge in [-0.2, -0.15) is 11.3 Å². The maximum atomic E-state index is 3.64. The first-order valence-corrected chi connectivity index (χ1v) is 3.92. The smallest absolute Gasteiger partial charge is 0.0354 e. The predicted molar refractivity (Wildman–Crippen MR) is 42.1 cm³/mol. The van der Waals surface area contributed by atoms with Crippen LogP contribution >= 0.6 is 27.3 Å². The van der Waals surface area contributed by atoms with E-state index in [1.54, 1.807) is 11.3 Å². The number of thiophene rings is 1. The highest BCUT2D eigenvalue weighted by Gasteiger charge is 1.91. The minimum absolute atomic E-state index is 1.14. The Balaban J connectivity index is 3.09. The molecule has 42 valence electrons. The largest absolute Gasteiger partial charge is 0.151 e. The van der Waals surface area contributed by atoms with Crippen molar-refractivity contribution in [3.8, 4) is 0 Å². The summed E-state index contributed by atoms with van der Waals surface area (Å²) in [6.07, 6.45) is 1.83. The molecule has 1 heterocycles. The standard InChI is InChI=1S/C6H5BrS/c1-2-5-3-8-4-6(5)7/h2-4H,1H2. The van der Waals surface area contributed by atoms with Crippen LogP contribution in [0, 0.1) is 0 Å². The summed E-state index contributed by atoms with van der Waals surface area (Å²) in [5.74, 6) is 0. The molecule has 0 aliphatic carbocycles. The van der Waals surface area contributed by atoms with Gasteiger partial charge in [-0.25, -0.2) is 0 Å². The Labute approximate surface area is 61.0 Å². The number of hydrogen-bond acceptors (Lipinski definition) is 1. The zero-order valence-electron chi connectivity index (χ0n) is 4.23. The molecule has 1 aromatic heterocycles. The third-order valence-corrected chi connectivity index (χ3v) is 2.61. The molecule has 0 bridgehead atoms. The van der Waals surface area contributed by atoms with Gasteiger partial charge in [-0.05, 0) is 26.9 Å². The molecule has 0 atom stereocenters. The van der Waals surface area contributed by atoms with Gasteiger partial charge in [0.05, 0.1) is 0 Å². The molecule has 8 heavy (non-hydrogen) atoms. The van der Waals surface area contributed by atoms with Crippen molar-refractivity contribution in [1.82, 2.24) is 0 Å². The van der Waals surface area contributed by atoms with Gasteiger partial charge < -0.3 is 0 Å². The second-order valence-corrected chi connectivity index (χ2v) is 2.98. The fourth-order valence-corrected chi connectivity index (χ4v) is 1.88. The Morgan fingerprint density at radius 2 is 2.38 bits per heavy atom. The van der Waals surface area contributed by atoms with E-state index in [-0.39, 0.29) is 0 Å². The van der Waals surface area contributed by atoms with Crippen molar-refractivity contribution in [2.75, 3.05) is 0 Å². The van der Waals surface area contributed by atoms with Crippen LogP contribution in [0.25, 0.3) is 6.08 Å². The highest BCUT2D eigenvalue weighted by atomic mass is 79.9. The number of hydrogen-bond donors (Lipinski definition) is 0. The maximum absolute atomic E-state index is 3.64. The summed E-state index contributed by atoms with van der Waals surface area (Å²) >= 11 is 5.04. The molecular formula is C6H5BrS. The van der Waals surface area contributed by atoms with E-state index in [0.29, 0.717) is 0 Å². The van der Waals surface area contributed by atoms with E-state index in [4.69, 9.17) is 0 Å². The van der Waals surface area contributed by atoms with Crippen molar-refractivity contribution in [1.29, 1.82) is 0 Å². The van der Waals surface area contributed by atoms with Crippen molar-refractivity contribution in [3.05, 3.63) is 27.4 Å². The van der Waals surface area contributed by atoms with Crippen LogP contribution in [0.5, 0.6) is 0 Å². The SMILES string of the molecule is C=Cc1cscc1Br. The van der Waals surface area contributed by atoms with E-state index < -0.39 is 0 Å². The summed E-state index contributed by atoms with van der Waals surface area (Å²) in [6, 6.07) is 0. The fraction of sp³-hybridized carbons (Fsp3) is 0. The van der Waals surface area contributed by atoms with Crippen molar-refractivity contribution in [2.45, 2.75) is 0 Å². The Kier molecular flexibility index (Phi) is 1.86. The highest BCUT2D eigenvalue weighted by Crippen LogP contribution is 2.21. The molecule has 0 fully saturated rings. The molecule has 1 rings (SSSR count). The quantitative estimate of drug-likeness (QED) is 0.636. The average Bonchev–Trinajstić information content (AvgIpc) is 2.14. The normalized spacial score (nSPS) is 9.12. The lowest BCUT2D eigenvalue weighted by Crippen LogP contribution is -1.58. The molecule has 0 unspecified atom stereocenters. The minimum Gasteiger partial charge on any atom is -0.151 e. The van der Waals surface area contributed by atoms with Crippen LogP contribution in [0.3, 0.4) is 0 Å². The number of halogens is 1. The van der Waals surface area contributed by atoms with Crippen LogP contribution in [0.15, 0.2) is 21.8 Å². The molecule has 0 spiro atoms. The monoisotopic (exact) mass is 188 g/mol. The Bertz CT molecular complexity index is 190. The van der Waals surface area contributed by atoms with E-state index in [2.05, 4.69) is 27.9 Å². The van der Waals surface area contributed by atoms with E-state index in [0.717, 1.165) is 4.47 Å². The average molecular weight is 189 g/mol. The first-order chi connectivity index (χ1) is 3.84. The first-order valence-electron chi connectivity index (χ1n) is 2.18. The molecule has 0 N–H and O–H groups in total. The van der Waals surface area contributed by atoms with Crippen LogP contribution in [-0.4, -0.2) is 0 Å². The Hall–Kier alpha value is -0.0800. The maximum Gasteiger partial charge on any atom is 0.0354 e. The first kappa shape index (κ1) is 6.05. The Morgan fingerprint density at radius 1 is 1.62 bits per heavy atom. The molecule has 0 aromatic carbocycles. The number of rotatable bonds is 1. The fourth-order valence-electron chi connectivity index (χ4n) is 0.437. The van der Waals surface area contributed by atoms with Gasteiger partial charge in [-0.3, -0.25) is 0 Å². The molecule has 0 amide bonds. The summed E-state index contributed by atoms with van der Waals surface area (Å²) < 4.78 is 1.14. The molecule has 0 aliphatic heterocycles. The van der Waals surface area contributed by atoms with E-state index in [1.165, 1.54) is 5.56 Å². The van der Waals surface area contributed by atoms with Crippen LogP contribution in [-0.2, 0) is 0 Å². The molecule has 0 saturated carbocycles. The van der Waals surface area contributed by atoms with Gasteiger partial charge >= 0.3 is 0 Å². The Morgan fingerprint density at radius 3 is 2.62 bits per heavy atom. The zero-order valence-corrected chi connectivity index (χ0v) is 6.63. The van der Waals surface area contributed by atoms with E-state index >= 15 is 0 Å². The van der Waals surface area contributed by atoms with Crippen molar-refractivity contribution in [3.63, 3.8) is 0 Å². The van der Waals surface area contributed by atoms with Crippen LogP contribution in [0.2, 0.25) is 0 Å². The van der Waals surface area contributed by atoms with E-state index in [9.17, 15) is 0 Å². The van der Waals surface area contributed by atoms with Crippen molar-refractivity contribution in [2.24, 2.45) is 0 Å². The molecule has 0 aliphatic rings. The predicted octanol–water partition coefficient (Wildman–Crippen LogP) is 3.15. The molecule has 0 saturated heterocycles. The second kappa shape index (κ2) is 2.46. The lowest BCUT2D eigenvalue weighted by Gasteiger charge is -1.80. The van der Waals surface area contributed by atoms with Gasteiger partial charge in [0.15, 0.2) is 0 Å². The van der Waals surface area contributed by atoms with Crippen LogP contribution in [0.1, 0.15) is 5.56 Å².